The smallest absolute Gasteiger partial charge is 0.375 e. The molecule has 0 saturated carbocycles. The molecule has 6 heteroatoms. The van der Waals surface area contributed by atoms with E-state index in [9.17, 15) is 9.59 Å². The maximum atomic E-state index is 12.9. The van der Waals surface area contributed by atoms with E-state index in [1.807, 2.05) is 49.4 Å². The van der Waals surface area contributed by atoms with Crippen molar-refractivity contribution in [3.63, 3.8) is 0 Å². The maximum absolute atomic E-state index is 12.9. The first-order valence-electron chi connectivity index (χ1n) is 9.49. The number of rotatable bonds is 7. The van der Waals surface area contributed by atoms with E-state index in [1.54, 1.807) is 19.2 Å². The first-order chi connectivity index (χ1) is 14.1. The fourth-order valence-corrected chi connectivity index (χ4v) is 3.37. The van der Waals surface area contributed by atoms with Crippen molar-refractivity contribution < 1.29 is 23.5 Å². The van der Waals surface area contributed by atoms with Crippen molar-refractivity contribution in [2.75, 3.05) is 6.61 Å². The first-order valence-corrected chi connectivity index (χ1v) is 9.49. The van der Waals surface area contributed by atoms with E-state index in [1.165, 1.54) is 0 Å². The monoisotopic (exact) mass is 391 g/mol. The van der Waals surface area contributed by atoms with E-state index in [0.717, 1.165) is 16.3 Å². The summed E-state index contributed by atoms with van der Waals surface area (Å²) in [5.41, 5.74) is 2.54. The van der Waals surface area contributed by atoms with Crippen LogP contribution in [0.1, 0.15) is 40.3 Å². The molecule has 0 amide bonds. The molecule has 2 heterocycles. The highest BCUT2D eigenvalue weighted by Gasteiger charge is 2.27. The van der Waals surface area contributed by atoms with Gasteiger partial charge < -0.3 is 18.9 Å². The molecule has 2 aromatic carbocycles. The van der Waals surface area contributed by atoms with Crippen LogP contribution in [0, 0.1) is 0 Å². The van der Waals surface area contributed by atoms with Crippen LogP contribution in [-0.4, -0.2) is 29.4 Å². The predicted molar refractivity (Wildman–Crippen MR) is 109 cm³/mol. The number of Topliss-reactive ketones (excluding diaryl/α,β-unsaturated/α-hetero) is 1. The molecule has 29 heavy (non-hydrogen) atoms. The molecule has 0 aliphatic carbocycles. The standard InChI is InChI=1S/C23H21NO5/c1-3-27-13-18-16-9-5-7-11-20(16)29-22(18)23(26)28-14(2)21(25)17-12-24-19-10-6-4-8-15(17)19/h4-12,14,24H,3,13H2,1-2H3/t14-/m1/s1. The minimum Gasteiger partial charge on any atom is -0.449 e. The number of hydrogen-bond donors (Lipinski definition) is 1. The van der Waals surface area contributed by atoms with Crippen LogP contribution in [0.3, 0.4) is 0 Å². The predicted octanol–water partition coefficient (Wildman–Crippen LogP) is 4.88. The molecule has 0 bridgehead atoms. The van der Waals surface area contributed by atoms with E-state index in [4.69, 9.17) is 13.9 Å². The summed E-state index contributed by atoms with van der Waals surface area (Å²) in [6, 6.07) is 14.8. The molecule has 1 N–H and O–H groups in total. The number of esters is 1. The maximum Gasteiger partial charge on any atom is 0.375 e. The van der Waals surface area contributed by atoms with Crippen molar-refractivity contribution in [3.8, 4) is 0 Å². The van der Waals surface area contributed by atoms with Crippen LogP contribution >= 0.6 is 0 Å². The second kappa shape index (κ2) is 7.93. The van der Waals surface area contributed by atoms with E-state index in [2.05, 4.69) is 4.98 Å². The Morgan fingerprint density at radius 1 is 1.07 bits per heavy atom. The van der Waals surface area contributed by atoms with Gasteiger partial charge in [0.25, 0.3) is 0 Å². The zero-order valence-corrected chi connectivity index (χ0v) is 16.2. The van der Waals surface area contributed by atoms with Gasteiger partial charge in [-0.15, -0.1) is 0 Å². The van der Waals surface area contributed by atoms with Crippen molar-refractivity contribution >= 4 is 33.6 Å². The van der Waals surface area contributed by atoms with Crippen molar-refractivity contribution in [1.29, 1.82) is 0 Å². The Kier molecular flexibility index (Phi) is 5.18. The number of hydrogen-bond acceptors (Lipinski definition) is 5. The van der Waals surface area contributed by atoms with Gasteiger partial charge in [-0.25, -0.2) is 4.79 Å². The summed E-state index contributed by atoms with van der Waals surface area (Å²) >= 11 is 0. The van der Waals surface area contributed by atoms with Gasteiger partial charge in [0.1, 0.15) is 5.58 Å². The number of ether oxygens (including phenoxy) is 2. The van der Waals surface area contributed by atoms with Crippen LogP contribution in [0.25, 0.3) is 21.9 Å². The summed E-state index contributed by atoms with van der Waals surface area (Å²) in [6.07, 6.45) is 0.675. The van der Waals surface area contributed by atoms with Crippen LogP contribution < -0.4 is 0 Å². The van der Waals surface area contributed by atoms with Gasteiger partial charge in [-0.1, -0.05) is 36.4 Å². The Balaban J connectivity index is 1.59. The van der Waals surface area contributed by atoms with Crippen LogP contribution in [0.2, 0.25) is 0 Å². The van der Waals surface area contributed by atoms with Gasteiger partial charge in [0.05, 0.1) is 6.61 Å². The molecular formula is C23H21NO5. The Morgan fingerprint density at radius 3 is 2.59 bits per heavy atom. The average Bonchev–Trinajstić information content (AvgIpc) is 3.33. The van der Waals surface area contributed by atoms with Gasteiger partial charge in [0, 0.05) is 40.2 Å². The zero-order valence-electron chi connectivity index (χ0n) is 16.2. The van der Waals surface area contributed by atoms with Crippen LogP contribution in [0.15, 0.2) is 59.1 Å². The van der Waals surface area contributed by atoms with Crippen molar-refractivity contribution in [2.45, 2.75) is 26.6 Å². The van der Waals surface area contributed by atoms with Crippen molar-refractivity contribution in [2.24, 2.45) is 0 Å². The number of benzene rings is 2. The SMILES string of the molecule is CCOCc1c(C(=O)O[C@H](C)C(=O)c2c[nH]c3ccccc23)oc2ccccc12. The minimum atomic E-state index is -0.963. The third-order valence-electron chi connectivity index (χ3n) is 4.84. The molecule has 0 unspecified atom stereocenters. The number of aromatic amines is 1. The summed E-state index contributed by atoms with van der Waals surface area (Å²) < 4.78 is 16.7. The second-order valence-electron chi connectivity index (χ2n) is 6.70. The Labute approximate surface area is 167 Å². The Morgan fingerprint density at radius 2 is 1.79 bits per heavy atom. The highest BCUT2D eigenvalue weighted by Crippen LogP contribution is 2.28. The molecule has 148 valence electrons. The van der Waals surface area contributed by atoms with Gasteiger partial charge in [-0.3, -0.25) is 4.79 Å². The molecule has 1 atom stereocenters. The zero-order chi connectivity index (χ0) is 20.4. The van der Waals surface area contributed by atoms with Crippen LogP contribution in [0.5, 0.6) is 0 Å². The second-order valence-corrected chi connectivity index (χ2v) is 6.70. The quantitative estimate of drug-likeness (QED) is 0.359. The largest absolute Gasteiger partial charge is 0.449 e. The summed E-state index contributed by atoms with van der Waals surface area (Å²) in [6.45, 7) is 4.17. The summed E-state index contributed by atoms with van der Waals surface area (Å²) in [7, 11) is 0. The number of carbonyl (C=O) groups is 2. The third-order valence-corrected chi connectivity index (χ3v) is 4.84. The molecule has 4 rings (SSSR count). The Hall–Kier alpha value is -3.38. The van der Waals surface area contributed by atoms with Crippen LogP contribution in [-0.2, 0) is 16.1 Å². The molecule has 0 aliphatic rings. The Bertz CT molecular complexity index is 1190. The lowest BCUT2D eigenvalue weighted by Gasteiger charge is -2.11. The summed E-state index contributed by atoms with van der Waals surface area (Å²) in [4.78, 5) is 28.7. The number of ketones is 1. The van der Waals surface area contributed by atoms with E-state index < -0.39 is 12.1 Å². The first kappa shape index (κ1) is 19.0. The fourth-order valence-electron chi connectivity index (χ4n) is 3.37. The molecule has 6 nitrogen and oxygen atoms in total. The third kappa shape index (κ3) is 3.54. The van der Waals surface area contributed by atoms with Crippen molar-refractivity contribution in [3.05, 3.63) is 71.6 Å². The van der Waals surface area contributed by atoms with Gasteiger partial charge in [0.15, 0.2) is 6.10 Å². The number of carbonyl (C=O) groups excluding carboxylic acids is 2. The lowest BCUT2D eigenvalue weighted by atomic mass is 10.1. The number of aromatic nitrogens is 1. The normalized spacial score (nSPS) is 12.3. The summed E-state index contributed by atoms with van der Waals surface area (Å²) in [5.74, 6) is -0.895. The number of para-hydroxylation sites is 2. The number of nitrogens with one attached hydrogen (secondary N) is 1. The molecule has 4 aromatic rings. The molecule has 0 spiro atoms. The van der Waals surface area contributed by atoms with Crippen LogP contribution in [0.4, 0.5) is 0 Å². The number of H-pyrrole nitrogens is 1. The fraction of sp³-hybridized carbons (Fsp3) is 0.217. The number of furan rings is 1. The lowest BCUT2D eigenvalue weighted by molar-refractivity contribution is 0.0286. The molecule has 0 saturated heterocycles. The number of fused-ring (bicyclic) bond motifs is 2. The van der Waals surface area contributed by atoms with Crippen molar-refractivity contribution in [1.82, 2.24) is 4.98 Å². The van der Waals surface area contributed by atoms with E-state index in [-0.39, 0.29) is 18.2 Å². The topological polar surface area (TPSA) is 81.5 Å². The van der Waals surface area contributed by atoms with Gasteiger partial charge >= 0.3 is 5.97 Å². The molecular weight excluding hydrogens is 370 g/mol. The van der Waals surface area contributed by atoms with E-state index >= 15 is 0 Å². The van der Waals surface area contributed by atoms with Gasteiger partial charge in [-0.2, -0.15) is 0 Å². The summed E-state index contributed by atoms with van der Waals surface area (Å²) in [5, 5.41) is 1.59. The molecule has 0 radical (unpaired) electrons. The average molecular weight is 391 g/mol. The molecule has 0 fully saturated rings. The lowest BCUT2D eigenvalue weighted by Crippen LogP contribution is -2.24. The van der Waals surface area contributed by atoms with Gasteiger partial charge in [-0.05, 0) is 26.0 Å². The molecule has 0 aliphatic heterocycles. The minimum absolute atomic E-state index is 0.0678. The highest BCUT2D eigenvalue weighted by molar-refractivity contribution is 6.10. The van der Waals surface area contributed by atoms with Gasteiger partial charge in [0.2, 0.25) is 11.5 Å². The van der Waals surface area contributed by atoms with E-state index in [0.29, 0.717) is 23.3 Å². The molecule has 2 aromatic heterocycles. The highest BCUT2D eigenvalue weighted by atomic mass is 16.6.